The molecule has 160 valence electrons. The van der Waals surface area contributed by atoms with Crippen LogP contribution in [0.1, 0.15) is 5.56 Å². The van der Waals surface area contributed by atoms with E-state index in [1.165, 1.54) is 12.1 Å². The molecule has 0 aliphatic rings. The summed E-state index contributed by atoms with van der Waals surface area (Å²) < 4.78 is 32.8. The summed E-state index contributed by atoms with van der Waals surface area (Å²) in [6, 6.07) is 13.5. The largest absolute Gasteiger partial charge is 0.492 e. The first kappa shape index (κ1) is 23.6. The van der Waals surface area contributed by atoms with Crippen LogP contribution in [0.5, 0.6) is 5.75 Å². The standard InChI is InChI=1S/C20H27ClN2O5S/c21-18-3-7-20(8-4-18)29(26,27)22-10-9-17-1-5-19(6-2-17)28-16-13-23(11-14-24)12-15-25/h1-8,22,24-25H,9-16H2. The van der Waals surface area contributed by atoms with Crippen LogP contribution < -0.4 is 9.46 Å². The number of benzene rings is 2. The fourth-order valence-corrected chi connectivity index (χ4v) is 3.85. The first-order chi connectivity index (χ1) is 13.9. The van der Waals surface area contributed by atoms with Gasteiger partial charge >= 0.3 is 0 Å². The van der Waals surface area contributed by atoms with Gasteiger partial charge in [0, 0.05) is 31.2 Å². The van der Waals surface area contributed by atoms with E-state index in [4.69, 9.17) is 26.6 Å². The maximum atomic E-state index is 12.2. The normalized spacial score (nSPS) is 11.7. The SMILES string of the molecule is O=S(=O)(NCCc1ccc(OCCN(CCO)CCO)cc1)c1ccc(Cl)cc1. The second-order valence-corrected chi connectivity index (χ2v) is 8.59. The van der Waals surface area contributed by atoms with Crippen LogP contribution in [-0.2, 0) is 16.4 Å². The minimum absolute atomic E-state index is 0.0382. The lowest BCUT2D eigenvalue weighted by molar-refractivity contribution is 0.141. The summed E-state index contributed by atoms with van der Waals surface area (Å²) in [5, 5.41) is 18.5. The zero-order valence-corrected chi connectivity index (χ0v) is 17.7. The fourth-order valence-electron chi connectivity index (χ4n) is 2.69. The van der Waals surface area contributed by atoms with Crippen molar-refractivity contribution in [3.8, 4) is 5.75 Å². The third-order valence-corrected chi connectivity index (χ3v) is 5.99. The number of hydrogen-bond acceptors (Lipinski definition) is 6. The Balaban J connectivity index is 1.76. The highest BCUT2D eigenvalue weighted by molar-refractivity contribution is 7.89. The van der Waals surface area contributed by atoms with Gasteiger partial charge in [0.15, 0.2) is 0 Å². The Kier molecular flexibility index (Phi) is 9.86. The molecule has 0 bridgehead atoms. The topological polar surface area (TPSA) is 99.1 Å². The Morgan fingerprint density at radius 1 is 0.931 bits per heavy atom. The summed E-state index contributed by atoms with van der Waals surface area (Å²) in [5.41, 5.74) is 0.985. The second kappa shape index (κ2) is 12.1. The lowest BCUT2D eigenvalue weighted by Crippen LogP contribution is -2.33. The molecule has 29 heavy (non-hydrogen) atoms. The summed E-state index contributed by atoms with van der Waals surface area (Å²) in [7, 11) is -3.56. The van der Waals surface area contributed by atoms with Crippen molar-refractivity contribution in [3.63, 3.8) is 0 Å². The van der Waals surface area contributed by atoms with Crippen LogP contribution in [0.4, 0.5) is 0 Å². The van der Waals surface area contributed by atoms with Gasteiger partial charge in [0.2, 0.25) is 10.0 Å². The molecule has 0 aliphatic heterocycles. The van der Waals surface area contributed by atoms with Gasteiger partial charge in [0.1, 0.15) is 12.4 Å². The molecule has 0 saturated carbocycles. The highest BCUT2D eigenvalue weighted by Gasteiger charge is 2.13. The minimum Gasteiger partial charge on any atom is -0.492 e. The molecule has 0 aliphatic carbocycles. The maximum absolute atomic E-state index is 12.2. The number of nitrogens with one attached hydrogen (secondary N) is 1. The highest BCUT2D eigenvalue weighted by Crippen LogP contribution is 2.15. The van der Waals surface area contributed by atoms with E-state index in [1.54, 1.807) is 12.1 Å². The van der Waals surface area contributed by atoms with Crippen LogP contribution in [0.25, 0.3) is 0 Å². The second-order valence-electron chi connectivity index (χ2n) is 6.38. The molecule has 9 heteroatoms. The minimum atomic E-state index is -3.56. The van der Waals surface area contributed by atoms with Crippen LogP contribution in [0.15, 0.2) is 53.4 Å². The van der Waals surface area contributed by atoms with Gasteiger partial charge in [-0.15, -0.1) is 0 Å². The number of aliphatic hydroxyl groups is 2. The van der Waals surface area contributed by atoms with Gasteiger partial charge in [-0.05, 0) is 48.4 Å². The van der Waals surface area contributed by atoms with Crippen LogP contribution in [0.2, 0.25) is 5.02 Å². The van der Waals surface area contributed by atoms with Gasteiger partial charge in [0.25, 0.3) is 0 Å². The molecule has 0 heterocycles. The summed E-state index contributed by atoms with van der Waals surface area (Å²) in [5.74, 6) is 0.712. The van der Waals surface area contributed by atoms with Gasteiger partial charge in [-0.1, -0.05) is 23.7 Å². The van der Waals surface area contributed by atoms with E-state index in [0.29, 0.717) is 43.4 Å². The summed E-state index contributed by atoms with van der Waals surface area (Å²) in [4.78, 5) is 2.10. The lowest BCUT2D eigenvalue weighted by atomic mass is 10.1. The average molecular weight is 443 g/mol. The molecule has 2 rings (SSSR count). The maximum Gasteiger partial charge on any atom is 0.240 e. The molecule has 0 saturated heterocycles. The lowest BCUT2D eigenvalue weighted by Gasteiger charge is -2.20. The molecule has 0 atom stereocenters. The molecule has 2 aromatic carbocycles. The van der Waals surface area contributed by atoms with Gasteiger partial charge in [0.05, 0.1) is 18.1 Å². The van der Waals surface area contributed by atoms with E-state index in [-0.39, 0.29) is 24.7 Å². The van der Waals surface area contributed by atoms with Crippen LogP contribution in [0, 0.1) is 0 Å². The monoisotopic (exact) mass is 442 g/mol. The van der Waals surface area contributed by atoms with E-state index in [9.17, 15) is 8.42 Å². The predicted octanol–water partition coefficient (Wildman–Crippen LogP) is 1.53. The molecular weight excluding hydrogens is 416 g/mol. The number of hydrogen-bond donors (Lipinski definition) is 3. The molecule has 3 N–H and O–H groups in total. The van der Waals surface area contributed by atoms with Gasteiger partial charge in [-0.2, -0.15) is 0 Å². The van der Waals surface area contributed by atoms with E-state index in [0.717, 1.165) is 5.56 Å². The van der Waals surface area contributed by atoms with Crippen LogP contribution >= 0.6 is 11.6 Å². The first-order valence-corrected chi connectivity index (χ1v) is 11.2. The van der Waals surface area contributed by atoms with E-state index in [2.05, 4.69) is 4.72 Å². The van der Waals surface area contributed by atoms with Crippen molar-refractivity contribution in [1.29, 1.82) is 0 Å². The van der Waals surface area contributed by atoms with Crippen LogP contribution in [-0.4, -0.2) is 69.5 Å². The van der Waals surface area contributed by atoms with Crippen molar-refractivity contribution in [2.75, 3.05) is 46.0 Å². The van der Waals surface area contributed by atoms with E-state index in [1.807, 2.05) is 29.2 Å². The Morgan fingerprint density at radius 2 is 1.55 bits per heavy atom. The predicted molar refractivity (Wildman–Crippen MR) is 113 cm³/mol. The van der Waals surface area contributed by atoms with Crippen molar-refractivity contribution >= 4 is 21.6 Å². The molecule has 0 fully saturated rings. The number of sulfonamides is 1. The molecule has 0 unspecified atom stereocenters. The molecular formula is C20H27ClN2O5S. The molecule has 0 amide bonds. The van der Waals surface area contributed by atoms with Crippen molar-refractivity contribution in [2.24, 2.45) is 0 Å². The smallest absolute Gasteiger partial charge is 0.240 e. The summed E-state index contributed by atoms with van der Waals surface area (Å²) in [6.45, 7) is 2.40. The molecule has 0 radical (unpaired) electrons. The highest BCUT2D eigenvalue weighted by atomic mass is 35.5. The van der Waals surface area contributed by atoms with Crippen molar-refractivity contribution in [3.05, 3.63) is 59.1 Å². The summed E-state index contributed by atoms with van der Waals surface area (Å²) >= 11 is 5.79. The third-order valence-electron chi connectivity index (χ3n) is 4.26. The molecule has 0 aromatic heterocycles. The van der Waals surface area contributed by atoms with Gasteiger partial charge in [-0.3, -0.25) is 4.90 Å². The number of ether oxygens (including phenoxy) is 1. The van der Waals surface area contributed by atoms with E-state index < -0.39 is 10.0 Å². The number of nitrogens with zero attached hydrogens (tertiary/aromatic N) is 1. The Morgan fingerprint density at radius 3 is 2.14 bits per heavy atom. The zero-order valence-electron chi connectivity index (χ0n) is 16.1. The molecule has 2 aromatic rings. The molecule has 7 nitrogen and oxygen atoms in total. The van der Waals surface area contributed by atoms with Gasteiger partial charge in [-0.25, -0.2) is 13.1 Å². The quantitative estimate of drug-likeness (QED) is 0.435. The Bertz CT molecular complexity index is 823. The van der Waals surface area contributed by atoms with E-state index >= 15 is 0 Å². The average Bonchev–Trinajstić information content (AvgIpc) is 2.70. The number of halogens is 1. The first-order valence-electron chi connectivity index (χ1n) is 9.35. The Labute approximate surface area is 176 Å². The number of aliphatic hydroxyl groups excluding tert-OH is 2. The summed E-state index contributed by atoms with van der Waals surface area (Å²) in [6.07, 6.45) is 0.549. The van der Waals surface area contributed by atoms with Crippen molar-refractivity contribution in [1.82, 2.24) is 9.62 Å². The molecule has 0 spiro atoms. The van der Waals surface area contributed by atoms with Crippen LogP contribution in [0.3, 0.4) is 0 Å². The van der Waals surface area contributed by atoms with Gasteiger partial charge < -0.3 is 14.9 Å². The fraction of sp³-hybridized carbons (Fsp3) is 0.400. The third kappa shape index (κ3) is 8.30. The van der Waals surface area contributed by atoms with Crippen molar-refractivity contribution in [2.45, 2.75) is 11.3 Å². The number of rotatable bonds is 13. The zero-order chi connectivity index (χ0) is 21.1. The Hall–Kier alpha value is -1.68. The van der Waals surface area contributed by atoms with Crippen molar-refractivity contribution < 1.29 is 23.4 Å².